The first-order valence-electron chi connectivity index (χ1n) is 8.12. The van der Waals surface area contributed by atoms with Gasteiger partial charge in [-0.25, -0.2) is 0 Å². The fraction of sp³-hybridized carbons (Fsp3) is 0.350. The van der Waals surface area contributed by atoms with E-state index in [2.05, 4.69) is 24.3 Å². The first kappa shape index (κ1) is 15.6. The lowest BCUT2D eigenvalue weighted by Gasteiger charge is -2.32. The van der Waals surface area contributed by atoms with Crippen LogP contribution in [0.25, 0.3) is 0 Å². The van der Waals surface area contributed by atoms with Gasteiger partial charge in [0.15, 0.2) is 0 Å². The smallest absolute Gasteiger partial charge is 0.226 e. The van der Waals surface area contributed by atoms with Crippen LogP contribution in [0.15, 0.2) is 48.5 Å². The molecule has 23 heavy (non-hydrogen) atoms. The highest BCUT2D eigenvalue weighted by Crippen LogP contribution is 2.24. The Hall–Kier alpha value is -2.29. The van der Waals surface area contributed by atoms with Gasteiger partial charge in [-0.2, -0.15) is 0 Å². The Labute approximate surface area is 137 Å². The maximum absolute atomic E-state index is 12.6. The summed E-state index contributed by atoms with van der Waals surface area (Å²) in [6, 6.07) is 16.6. The van der Waals surface area contributed by atoms with E-state index in [0.29, 0.717) is 12.5 Å². The van der Waals surface area contributed by atoms with E-state index < -0.39 is 0 Å². The van der Waals surface area contributed by atoms with Crippen LogP contribution in [0, 0.1) is 0 Å². The molecule has 1 unspecified atom stereocenters. The summed E-state index contributed by atoms with van der Waals surface area (Å²) in [6.45, 7) is 0. The summed E-state index contributed by atoms with van der Waals surface area (Å²) >= 11 is 0. The summed E-state index contributed by atoms with van der Waals surface area (Å²) in [4.78, 5) is 14.5. The Morgan fingerprint density at radius 2 is 1.83 bits per heavy atom. The number of aryl methyl sites for hydroxylation is 1. The molecule has 1 aliphatic carbocycles. The van der Waals surface area contributed by atoms with Crippen molar-refractivity contribution in [1.82, 2.24) is 4.90 Å². The minimum atomic E-state index is 0.180. The van der Waals surface area contributed by atoms with Gasteiger partial charge < -0.3 is 9.64 Å². The van der Waals surface area contributed by atoms with Gasteiger partial charge in [-0.3, -0.25) is 4.79 Å². The fourth-order valence-corrected chi connectivity index (χ4v) is 3.26. The maximum atomic E-state index is 12.6. The van der Waals surface area contributed by atoms with Crippen LogP contribution in [0.2, 0.25) is 0 Å². The number of hydrogen-bond donors (Lipinski definition) is 0. The maximum Gasteiger partial charge on any atom is 0.226 e. The summed E-state index contributed by atoms with van der Waals surface area (Å²) in [5.74, 6) is 0.998. The fourth-order valence-electron chi connectivity index (χ4n) is 3.26. The predicted molar refractivity (Wildman–Crippen MR) is 91.7 cm³/mol. The molecule has 3 rings (SSSR count). The van der Waals surface area contributed by atoms with Crippen molar-refractivity contribution < 1.29 is 9.53 Å². The van der Waals surface area contributed by atoms with Crippen molar-refractivity contribution in [3.05, 3.63) is 65.2 Å². The van der Waals surface area contributed by atoms with Gasteiger partial charge in [0.25, 0.3) is 0 Å². The highest BCUT2D eigenvalue weighted by molar-refractivity contribution is 5.79. The van der Waals surface area contributed by atoms with Gasteiger partial charge in [0.1, 0.15) is 5.75 Å². The van der Waals surface area contributed by atoms with Crippen LogP contribution < -0.4 is 4.74 Å². The minimum absolute atomic E-state index is 0.180. The molecule has 3 heteroatoms. The van der Waals surface area contributed by atoms with E-state index in [4.69, 9.17) is 4.74 Å². The normalized spacial score (nSPS) is 16.5. The van der Waals surface area contributed by atoms with Crippen LogP contribution in [-0.4, -0.2) is 31.0 Å². The third-order valence-corrected chi connectivity index (χ3v) is 4.78. The molecular weight excluding hydrogens is 286 g/mol. The predicted octanol–water partition coefficient (Wildman–Crippen LogP) is 3.25. The van der Waals surface area contributed by atoms with Gasteiger partial charge in [0, 0.05) is 13.1 Å². The molecule has 0 N–H and O–H groups in total. The molecule has 0 radical (unpaired) electrons. The summed E-state index contributed by atoms with van der Waals surface area (Å²) < 4.78 is 5.15. The lowest BCUT2D eigenvalue weighted by molar-refractivity contribution is -0.131. The molecule has 0 saturated heterocycles. The van der Waals surface area contributed by atoms with E-state index in [1.165, 1.54) is 11.1 Å². The van der Waals surface area contributed by atoms with E-state index in [1.54, 1.807) is 7.11 Å². The number of fused-ring (bicyclic) bond motifs is 1. The van der Waals surface area contributed by atoms with Gasteiger partial charge >= 0.3 is 0 Å². The average molecular weight is 309 g/mol. The second kappa shape index (κ2) is 6.86. The highest BCUT2D eigenvalue weighted by Gasteiger charge is 2.24. The van der Waals surface area contributed by atoms with E-state index in [0.717, 1.165) is 30.6 Å². The standard InChI is InChI=1S/C20H23NO2/c1-21(18-10-9-16-5-3-4-6-17(16)14-18)20(22)13-15-7-11-19(23-2)12-8-15/h3-8,11-12,18H,9-10,13-14H2,1-2H3. The number of carbonyl (C=O) groups is 1. The van der Waals surface area contributed by atoms with Crippen molar-refractivity contribution in [2.75, 3.05) is 14.2 Å². The Morgan fingerprint density at radius 3 is 2.52 bits per heavy atom. The van der Waals surface area contributed by atoms with Gasteiger partial charge in [-0.1, -0.05) is 36.4 Å². The first-order chi connectivity index (χ1) is 11.2. The monoisotopic (exact) mass is 309 g/mol. The highest BCUT2D eigenvalue weighted by atomic mass is 16.5. The summed E-state index contributed by atoms with van der Waals surface area (Å²) in [6.07, 6.45) is 3.50. The number of carbonyl (C=O) groups excluding carboxylic acids is 1. The van der Waals surface area contributed by atoms with Crippen molar-refractivity contribution in [3.63, 3.8) is 0 Å². The summed E-state index contributed by atoms with van der Waals surface area (Å²) in [5, 5.41) is 0. The molecule has 0 saturated carbocycles. The van der Waals surface area contributed by atoms with Crippen LogP contribution >= 0.6 is 0 Å². The van der Waals surface area contributed by atoms with Gasteiger partial charge in [0.05, 0.1) is 13.5 Å². The number of benzene rings is 2. The SMILES string of the molecule is COc1ccc(CC(=O)N(C)C2CCc3ccccc3C2)cc1. The number of amides is 1. The first-order valence-corrected chi connectivity index (χ1v) is 8.12. The second-order valence-corrected chi connectivity index (χ2v) is 6.19. The lowest BCUT2D eigenvalue weighted by Crippen LogP contribution is -2.41. The van der Waals surface area contributed by atoms with Gasteiger partial charge in [0.2, 0.25) is 5.91 Å². The Bertz CT molecular complexity index is 678. The third-order valence-electron chi connectivity index (χ3n) is 4.78. The number of nitrogens with zero attached hydrogens (tertiary/aromatic N) is 1. The zero-order valence-electron chi connectivity index (χ0n) is 13.8. The molecule has 1 amide bonds. The van der Waals surface area contributed by atoms with E-state index >= 15 is 0 Å². The van der Waals surface area contributed by atoms with Crippen LogP contribution in [0.4, 0.5) is 0 Å². The van der Waals surface area contributed by atoms with Crippen molar-refractivity contribution >= 4 is 5.91 Å². The second-order valence-electron chi connectivity index (χ2n) is 6.19. The van der Waals surface area contributed by atoms with Crippen LogP contribution in [0.3, 0.4) is 0 Å². The molecule has 3 nitrogen and oxygen atoms in total. The molecular formula is C20H23NO2. The van der Waals surface area contributed by atoms with Crippen molar-refractivity contribution in [3.8, 4) is 5.75 Å². The van der Waals surface area contributed by atoms with Crippen molar-refractivity contribution in [2.24, 2.45) is 0 Å². The number of ether oxygens (including phenoxy) is 1. The molecule has 2 aromatic carbocycles. The molecule has 1 atom stereocenters. The molecule has 0 aromatic heterocycles. The molecule has 120 valence electrons. The third kappa shape index (κ3) is 3.55. The largest absolute Gasteiger partial charge is 0.497 e. The Morgan fingerprint density at radius 1 is 1.13 bits per heavy atom. The van der Waals surface area contributed by atoms with Crippen LogP contribution in [0.1, 0.15) is 23.1 Å². The van der Waals surface area contributed by atoms with Gasteiger partial charge in [-0.05, 0) is 48.1 Å². The minimum Gasteiger partial charge on any atom is -0.497 e. The summed E-state index contributed by atoms with van der Waals surface area (Å²) in [7, 11) is 3.58. The Balaban J connectivity index is 1.63. The number of methoxy groups -OCH3 is 1. The zero-order chi connectivity index (χ0) is 16.2. The molecule has 0 aliphatic heterocycles. The van der Waals surface area contributed by atoms with E-state index in [9.17, 15) is 4.79 Å². The van der Waals surface area contributed by atoms with Crippen molar-refractivity contribution in [2.45, 2.75) is 31.7 Å². The van der Waals surface area contributed by atoms with Crippen LogP contribution in [-0.2, 0) is 24.1 Å². The van der Waals surface area contributed by atoms with Gasteiger partial charge in [-0.15, -0.1) is 0 Å². The molecule has 2 aromatic rings. The summed E-state index contributed by atoms with van der Waals surface area (Å²) in [5.41, 5.74) is 3.84. The number of likely N-dealkylation sites (N-methyl/N-ethyl adjacent to an activating group) is 1. The molecule has 0 spiro atoms. The van der Waals surface area contributed by atoms with E-state index in [1.807, 2.05) is 36.2 Å². The molecule has 0 heterocycles. The number of rotatable bonds is 4. The topological polar surface area (TPSA) is 29.5 Å². The zero-order valence-corrected chi connectivity index (χ0v) is 13.8. The quantitative estimate of drug-likeness (QED) is 0.867. The lowest BCUT2D eigenvalue weighted by atomic mass is 9.87. The Kier molecular flexibility index (Phi) is 4.65. The molecule has 1 aliphatic rings. The number of hydrogen-bond acceptors (Lipinski definition) is 2. The van der Waals surface area contributed by atoms with Crippen LogP contribution in [0.5, 0.6) is 5.75 Å². The van der Waals surface area contributed by atoms with Crippen molar-refractivity contribution in [1.29, 1.82) is 0 Å². The molecule has 0 bridgehead atoms. The van der Waals surface area contributed by atoms with E-state index in [-0.39, 0.29) is 5.91 Å². The molecule has 0 fully saturated rings. The average Bonchev–Trinajstić information content (AvgIpc) is 2.61.